The topological polar surface area (TPSA) is 456 Å². The number of hydrogen-bond acceptors (Lipinski definition) is 30. The average molecular weight is 1850 g/mol. The van der Waals surface area contributed by atoms with Crippen LogP contribution in [0.2, 0.25) is 5.15 Å². The standard InChI is InChI=1S/C15H16N2OS2.C15H16N2S2.C11H8N2S2.2C9H7N3O2S.C9H9N3S.C5H4ClN3O2.C4H9Br.CH4N2S/c1-2-3-9-20(18)15-10-13-11(17-15)6-7-12(16-13)14-5-4-8-19-14;1-2-3-8-19-15-10-13-11(17-15)6-7-12(16-13)14-5-4-9-18-14;14-11-6-9-7(13-11)3-4-8(12-9)10-2-1-5-15-10;2*10-9-7(12(13)14)4-3-6(11-9)8-2-1-5-15-8;10-6-3-4-7(12-9(6)11)8-2-1-5-13-8;6-4-2-1-3(9(10)11)5(7)8-4;1-2-3-4-5;2-1(3)4/h4-8H,2-3,9-10H2,1H3;4-7,9H,2-3,8,10H2,1H3;1-5H,6H2,(H,13,14);2*1-5H,(H2,10,11);1-5H,10H2,(H2,11,12);1-2H,(H2,7,8);2-4H2,1H3;(H4,2,3,4). The molecule has 27 nitrogen and oxygen atoms in total. The molecule has 0 aromatic carbocycles. The summed E-state index contributed by atoms with van der Waals surface area (Å²) in [4.78, 5) is 75.8. The summed E-state index contributed by atoms with van der Waals surface area (Å²) in [5.74, 6) is 2.01. The lowest BCUT2D eigenvalue weighted by Gasteiger charge is -2.01. The Labute approximate surface area is 730 Å². The van der Waals surface area contributed by atoms with Gasteiger partial charge in [-0.1, -0.05) is 116 Å². The number of nitrogen functional groups attached to an aromatic ring is 5. The number of anilines is 6. The number of fused-ring (bicyclic) bond motifs is 3. The number of halogens is 2. The Hall–Kier alpha value is -10.4. The van der Waals surface area contributed by atoms with Gasteiger partial charge in [0.25, 0.3) is 0 Å². The molecular weight excluding hydrogens is 1770 g/mol. The molecule has 15 N–H and O–H groups in total. The predicted octanol–water partition coefficient (Wildman–Crippen LogP) is 21.2. The quantitative estimate of drug-likeness (QED) is 0.0105. The number of thioether (sulfide) groups is 1. The lowest BCUT2D eigenvalue weighted by molar-refractivity contribution is -0.384. The third-order valence-electron chi connectivity index (χ3n) is 15.7. The van der Waals surface area contributed by atoms with Crippen molar-refractivity contribution in [3.63, 3.8) is 0 Å². The van der Waals surface area contributed by atoms with Gasteiger partial charge < -0.3 is 45.5 Å². The van der Waals surface area contributed by atoms with Gasteiger partial charge >= 0.3 is 17.1 Å². The molecule has 13 aromatic heterocycles. The summed E-state index contributed by atoms with van der Waals surface area (Å²) in [5, 5.41) is 49.7. The van der Waals surface area contributed by atoms with Gasteiger partial charge in [-0.25, -0.2) is 44.9 Å². The molecule has 1 unspecified atom stereocenters. The molecule has 608 valence electrons. The highest BCUT2D eigenvalue weighted by molar-refractivity contribution is 9.09. The monoisotopic (exact) mass is 1840 g/mol. The molecule has 0 saturated heterocycles. The van der Waals surface area contributed by atoms with Crippen LogP contribution in [0, 0.1) is 30.3 Å². The Morgan fingerprint density at radius 2 is 0.855 bits per heavy atom. The van der Waals surface area contributed by atoms with Crippen molar-refractivity contribution in [2.24, 2.45) is 21.5 Å². The number of rotatable bonds is 17. The molecule has 0 saturated carbocycles. The van der Waals surface area contributed by atoms with Crippen molar-refractivity contribution in [1.82, 2.24) is 34.9 Å². The van der Waals surface area contributed by atoms with E-state index < -0.39 is 25.6 Å². The van der Waals surface area contributed by atoms with E-state index in [-0.39, 0.29) is 44.8 Å². The average Bonchev–Trinajstić information content (AvgIpc) is 1.67. The van der Waals surface area contributed by atoms with Gasteiger partial charge in [0.15, 0.2) is 5.11 Å². The molecule has 13 aromatic rings. The molecular formula is C78H80BrClN20O7S10. The first-order valence-electron chi connectivity index (χ1n) is 35.6. The van der Waals surface area contributed by atoms with Crippen LogP contribution in [0.4, 0.5) is 63.1 Å². The second-order valence-electron chi connectivity index (χ2n) is 24.2. The van der Waals surface area contributed by atoms with Crippen LogP contribution in [0.25, 0.3) is 63.4 Å². The van der Waals surface area contributed by atoms with Crippen LogP contribution >= 0.6 is 132 Å². The normalized spacial score (nSPS) is 11.7. The Kier molecular flexibility index (Phi) is 37.6. The first-order valence-corrected chi connectivity index (χ1v) is 45.5. The van der Waals surface area contributed by atoms with Gasteiger partial charge in [0.1, 0.15) is 16.0 Å². The summed E-state index contributed by atoms with van der Waals surface area (Å²) in [6.07, 6.45) is 9.45. The maximum absolute atomic E-state index is 12.1. The summed E-state index contributed by atoms with van der Waals surface area (Å²) in [6, 6.07) is 48.3. The number of pyridine rings is 7. The minimum absolute atomic E-state index is 0.000000000000000222. The van der Waals surface area contributed by atoms with Crippen molar-refractivity contribution >= 4 is 226 Å². The predicted molar refractivity (Wildman–Crippen MR) is 503 cm³/mol. The number of alkyl halides is 1. The van der Waals surface area contributed by atoms with Crippen molar-refractivity contribution in [3.8, 4) is 63.4 Å². The molecule has 3 aliphatic rings. The highest BCUT2D eigenvalue weighted by Crippen LogP contribution is 2.36. The summed E-state index contributed by atoms with van der Waals surface area (Å²) < 4.78 is 12.1. The van der Waals surface area contributed by atoms with Crippen LogP contribution < -0.4 is 45.5 Å². The lowest BCUT2D eigenvalue weighted by Crippen LogP contribution is -2.18. The van der Waals surface area contributed by atoms with E-state index in [0.717, 1.165) is 117 Å². The van der Waals surface area contributed by atoms with Gasteiger partial charge in [-0.3, -0.25) is 34.6 Å². The first-order chi connectivity index (χ1) is 56.4. The number of unbranched alkanes of at least 4 members (excludes halogenated alkanes) is 3. The Morgan fingerprint density at radius 3 is 1.23 bits per heavy atom. The van der Waals surface area contributed by atoms with Crippen LogP contribution in [-0.2, 0) is 30.1 Å². The van der Waals surface area contributed by atoms with Crippen molar-refractivity contribution in [1.29, 1.82) is 0 Å². The Bertz CT molecular complexity index is 5400. The van der Waals surface area contributed by atoms with Crippen LogP contribution in [0.5, 0.6) is 0 Å². The molecule has 39 heteroatoms. The molecule has 117 heavy (non-hydrogen) atoms. The fourth-order valence-corrected chi connectivity index (χ4v) is 17.4. The molecule has 0 bridgehead atoms. The van der Waals surface area contributed by atoms with Crippen molar-refractivity contribution in [2.75, 3.05) is 50.8 Å². The van der Waals surface area contributed by atoms with E-state index >= 15 is 0 Å². The summed E-state index contributed by atoms with van der Waals surface area (Å²) in [5.41, 5.74) is 47.9. The molecule has 0 radical (unpaired) electrons. The first kappa shape index (κ1) is 92.2. The number of thiocarbonyl (C=S) groups is 2. The summed E-state index contributed by atoms with van der Waals surface area (Å²) in [7, 11) is -0.952. The number of nitro groups is 3. The lowest BCUT2D eigenvalue weighted by atomic mass is 10.2. The minimum atomic E-state index is -0.952. The third-order valence-corrected chi connectivity index (χ3v) is 24.5. The van der Waals surface area contributed by atoms with Gasteiger partial charge in [-0.2, -0.15) is 0 Å². The maximum atomic E-state index is 12.1. The number of nitrogens with zero attached hydrogens (tertiary/aromatic N) is 12. The molecule has 0 fully saturated rings. The number of aliphatic imine (C=N–C) groups is 2. The number of aromatic nitrogens is 7. The van der Waals surface area contributed by atoms with Crippen molar-refractivity contribution in [2.45, 2.75) is 78.6 Å². The van der Waals surface area contributed by atoms with E-state index in [1.165, 1.54) is 93.2 Å². The van der Waals surface area contributed by atoms with Crippen molar-refractivity contribution < 1.29 is 19.0 Å². The Balaban J connectivity index is 0.000000168. The van der Waals surface area contributed by atoms with Crippen LogP contribution in [-0.4, -0.2) is 90.9 Å². The largest absolute Gasteiger partial charge is 0.396 e. The smallest absolute Gasteiger partial charge is 0.311 e. The Morgan fingerprint density at radius 1 is 0.487 bits per heavy atom. The minimum Gasteiger partial charge on any atom is -0.396 e. The van der Waals surface area contributed by atoms with Crippen LogP contribution in [0.15, 0.2) is 200 Å². The third kappa shape index (κ3) is 29.0. The number of nitrogens with one attached hydrogen (secondary N) is 1. The van der Waals surface area contributed by atoms with Crippen LogP contribution in [0.1, 0.15) is 76.4 Å². The number of nitrogens with two attached hydrogens (primary N) is 7. The maximum Gasteiger partial charge on any atom is 0.311 e. The SMILES string of the molecule is CCCCBr.CCCCS(=O)C1=Nc2ccc(-c3cccs3)nc2C1.CCCCSC1=Nc2ccc(-c3cccs3)nc2C1.NC(N)=S.Nc1ccc(-c2cccs2)nc1N.Nc1nc(-c2cccs2)ccc1[N+](=O)[O-].Nc1nc(-c2cccs2)ccc1[N+](=O)[O-].Nc1nc(Cl)ccc1[N+](=O)[O-].S=C1Cc2nc(-c3cccs3)ccc2N1. The van der Waals surface area contributed by atoms with E-state index in [2.05, 4.69) is 159 Å². The fourth-order valence-electron chi connectivity index (χ4n) is 9.95. The molecule has 16 heterocycles. The van der Waals surface area contributed by atoms with Crippen molar-refractivity contribution in [3.05, 3.63) is 243 Å². The zero-order valence-corrected chi connectivity index (χ0v) is 73.6. The van der Waals surface area contributed by atoms with E-state index in [1.807, 2.05) is 106 Å². The highest BCUT2D eigenvalue weighted by Gasteiger charge is 2.23. The van der Waals surface area contributed by atoms with Crippen LogP contribution in [0.3, 0.4) is 0 Å². The van der Waals surface area contributed by atoms with Gasteiger partial charge in [0.05, 0.1) is 139 Å². The fraction of sp³-hybridized carbons (Fsp3) is 0.192. The zero-order chi connectivity index (χ0) is 84.3. The molecule has 0 spiro atoms. The van der Waals surface area contributed by atoms with E-state index in [1.54, 1.807) is 63.5 Å². The van der Waals surface area contributed by atoms with Gasteiger partial charge in [0.2, 0.25) is 17.5 Å². The number of hydrogen-bond donors (Lipinski definition) is 8. The van der Waals surface area contributed by atoms with Gasteiger partial charge in [-0.05, 0) is 173 Å². The molecule has 0 amide bonds. The van der Waals surface area contributed by atoms with Gasteiger partial charge in [-0.15, -0.1) is 79.8 Å². The zero-order valence-electron chi connectivity index (χ0n) is 63.1. The van der Waals surface area contributed by atoms with E-state index in [0.29, 0.717) is 35.1 Å². The second-order valence-corrected chi connectivity index (χ2v) is 34.8. The molecule has 1 atom stereocenters. The van der Waals surface area contributed by atoms with E-state index in [4.69, 9.17) is 57.5 Å². The molecule has 0 aliphatic carbocycles. The summed E-state index contributed by atoms with van der Waals surface area (Å²) >= 11 is 29.6. The summed E-state index contributed by atoms with van der Waals surface area (Å²) in [6.45, 7) is 6.51. The van der Waals surface area contributed by atoms with E-state index in [9.17, 15) is 34.6 Å². The second kappa shape index (κ2) is 47.8. The molecule has 16 rings (SSSR count). The number of thiophene rings is 6. The molecule has 3 aliphatic heterocycles. The highest BCUT2D eigenvalue weighted by atomic mass is 79.9. The van der Waals surface area contributed by atoms with Gasteiger partial charge in [0, 0.05) is 48.5 Å².